The number of anilines is 3. The molecule has 47 heavy (non-hydrogen) atoms. The second-order valence-corrected chi connectivity index (χ2v) is 13.9. The number of pyridine rings is 2. The van der Waals surface area contributed by atoms with E-state index in [0.29, 0.717) is 0 Å². The molecule has 8 aromatic rings. The van der Waals surface area contributed by atoms with Crippen molar-refractivity contribution in [3.63, 3.8) is 0 Å². The van der Waals surface area contributed by atoms with Crippen molar-refractivity contribution >= 4 is 61.2 Å². The third-order valence-electron chi connectivity index (χ3n) is 11.6. The van der Waals surface area contributed by atoms with E-state index in [1.165, 1.54) is 30.4 Å². The largest absolute Gasteiger partial charge is 0.454 e. The minimum Gasteiger partial charge on any atom is -0.454 e. The first-order valence-electron chi connectivity index (χ1n) is 16.8. The molecule has 0 amide bonds. The van der Waals surface area contributed by atoms with E-state index in [4.69, 9.17) is 8.83 Å². The van der Waals surface area contributed by atoms with Crippen LogP contribution in [0, 0.1) is 23.7 Å². The molecule has 226 valence electrons. The highest BCUT2D eigenvalue weighted by Gasteiger charge is 2.59. The molecule has 4 fully saturated rings. The van der Waals surface area contributed by atoms with Gasteiger partial charge in [0, 0.05) is 52.4 Å². The molecule has 0 aliphatic heterocycles. The van der Waals surface area contributed by atoms with Gasteiger partial charge in [0.15, 0.2) is 11.2 Å². The van der Waals surface area contributed by atoms with Crippen molar-refractivity contribution in [3.8, 4) is 11.1 Å². The summed E-state index contributed by atoms with van der Waals surface area (Å²) in [6, 6.07) is 38.8. The lowest BCUT2D eigenvalue weighted by Gasteiger charge is -2.25. The van der Waals surface area contributed by atoms with Crippen LogP contribution in [0.4, 0.5) is 17.1 Å². The lowest BCUT2D eigenvalue weighted by atomic mass is 9.83. The molecule has 0 radical (unpaired) electrons. The lowest BCUT2D eigenvalue weighted by molar-refractivity contribution is 0.398. The predicted octanol–water partition coefficient (Wildman–Crippen LogP) is 11.2. The van der Waals surface area contributed by atoms with Crippen molar-refractivity contribution < 1.29 is 8.83 Å². The zero-order valence-electron chi connectivity index (χ0n) is 25.7. The van der Waals surface area contributed by atoms with Gasteiger partial charge in [0.1, 0.15) is 22.2 Å². The fraction of sp³-hybridized carbons (Fsp3) is 0.190. The zero-order valence-corrected chi connectivity index (χ0v) is 25.7. The summed E-state index contributed by atoms with van der Waals surface area (Å²) >= 11 is 0. The molecule has 4 heterocycles. The highest BCUT2D eigenvalue weighted by atomic mass is 16.3. The van der Waals surface area contributed by atoms with Crippen molar-refractivity contribution in [2.24, 2.45) is 23.7 Å². The molecule has 4 aliphatic carbocycles. The molecule has 0 saturated heterocycles. The summed E-state index contributed by atoms with van der Waals surface area (Å²) in [5, 5.41) is 2.01. The Labute approximate surface area is 271 Å². The average Bonchev–Trinajstić information content (AvgIpc) is 3.97. The summed E-state index contributed by atoms with van der Waals surface area (Å²) in [5.41, 5.74) is 12.0. The highest BCUT2D eigenvalue weighted by Crippen LogP contribution is 2.69. The van der Waals surface area contributed by atoms with Crippen LogP contribution in [0.5, 0.6) is 0 Å². The van der Waals surface area contributed by atoms with Gasteiger partial charge in [-0.05, 0) is 126 Å². The van der Waals surface area contributed by atoms with Crippen LogP contribution in [0.1, 0.15) is 30.7 Å². The molecule has 0 N–H and O–H groups in total. The van der Waals surface area contributed by atoms with Gasteiger partial charge >= 0.3 is 0 Å². The van der Waals surface area contributed by atoms with Crippen LogP contribution in [-0.2, 0) is 0 Å². The van der Waals surface area contributed by atoms with Crippen LogP contribution < -0.4 is 4.90 Å². The van der Waals surface area contributed by atoms with E-state index >= 15 is 0 Å². The highest BCUT2D eigenvalue weighted by molar-refractivity contribution is 6.05. The van der Waals surface area contributed by atoms with Gasteiger partial charge in [-0.3, -0.25) is 9.97 Å². The zero-order chi connectivity index (χ0) is 30.6. The van der Waals surface area contributed by atoms with Crippen LogP contribution in [0.15, 0.2) is 130 Å². The molecule has 5 nitrogen and oxygen atoms in total. The number of nitrogens with zero attached hydrogens (tertiary/aromatic N) is 3. The van der Waals surface area contributed by atoms with Gasteiger partial charge in [0.25, 0.3) is 0 Å². The number of hydrogen-bond donors (Lipinski definition) is 0. The SMILES string of the molecule is c1cnc2c(c1)oc1cc(N(c3ccc(-c4ccc(C5C6CC7CC6CC75)cc4)cc3)c3ccc4c(c3)oc3cccnc34)ccc12. The standard InChI is InChI=1S/C42H31N3O2/c1-3-36-41(43-17-1)32-15-13-30(22-38(32)46-36)45(31-14-16-33-39(23-31)47-37-4-2-18-44-42(33)37)29-11-9-25(10-12-29)24-5-7-26(8-6-24)40-34-20-27-19-28(34)21-35(27)40/h1-18,22-23,27-28,34-35,40H,19-21H2. The van der Waals surface area contributed by atoms with Crippen molar-refractivity contribution in [2.75, 3.05) is 4.90 Å². The van der Waals surface area contributed by atoms with Gasteiger partial charge in [-0.2, -0.15) is 0 Å². The second kappa shape index (κ2) is 9.55. The Morgan fingerprint density at radius 1 is 0.511 bits per heavy atom. The molecule has 4 atom stereocenters. The van der Waals surface area contributed by atoms with Gasteiger partial charge in [0.2, 0.25) is 0 Å². The van der Waals surface area contributed by atoms with Crippen molar-refractivity contribution in [1.82, 2.24) is 9.97 Å². The van der Waals surface area contributed by atoms with E-state index < -0.39 is 0 Å². The number of hydrogen-bond acceptors (Lipinski definition) is 5. The number of benzene rings is 4. The Hall–Kier alpha value is -5.42. The smallest absolute Gasteiger partial charge is 0.153 e. The van der Waals surface area contributed by atoms with Gasteiger partial charge in [-0.1, -0.05) is 36.4 Å². The van der Waals surface area contributed by atoms with Crippen LogP contribution >= 0.6 is 0 Å². The molecule has 4 aliphatic rings. The molecule has 4 aromatic heterocycles. The van der Waals surface area contributed by atoms with Gasteiger partial charge < -0.3 is 13.7 Å². The van der Waals surface area contributed by atoms with Crippen LogP contribution in [-0.4, -0.2) is 9.97 Å². The first-order valence-corrected chi connectivity index (χ1v) is 16.8. The van der Waals surface area contributed by atoms with E-state index in [1.54, 1.807) is 5.56 Å². The van der Waals surface area contributed by atoms with Crippen LogP contribution in [0.25, 0.3) is 55.3 Å². The first kappa shape index (κ1) is 25.7. The third kappa shape index (κ3) is 3.77. The molecule has 4 unspecified atom stereocenters. The average molecular weight is 610 g/mol. The maximum absolute atomic E-state index is 6.26. The fourth-order valence-corrected chi connectivity index (χ4v) is 9.65. The number of aromatic nitrogens is 2. The summed E-state index contributed by atoms with van der Waals surface area (Å²) in [4.78, 5) is 11.4. The second-order valence-electron chi connectivity index (χ2n) is 13.9. The van der Waals surface area contributed by atoms with Crippen molar-refractivity contribution in [3.05, 3.63) is 127 Å². The minimum absolute atomic E-state index is 0.787. The minimum atomic E-state index is 0.787. The number of furan rings is 2. The molecule has 4 aromatic carbocycles. The summed E-state index contributed by atoms with van der Waals surface area (Å²) in [7, 11) is 0. The topological polar surface area (TPSA) is 55.3 Å². The Morgan fingerprint density at radius 2 is 1.02 bits per heavy atom. The maximum atomic E-state index is 6.26. The molecule has 4 saturated carbocycles. The quantitative estimate of drug-likeness (QED) is 0.194. The Morgan fingerprint density at radius 3 is 1.55 bits per heavy atom. The molecule has 5 heteroatoms. The molecular formula is C42H31N3O2. The van der Waals surface area contributed by atoms with E-state index in [9.17, 15) is 0 Å². The van der Waals surface area contributed by atoms with Gasteiger partial charge in [-0.25, -0.2) is 0 Å². The molecule has 4 bridgehead atoms. The van der Waals surface area contributed by atoms with Crippen molar-refractivity contribution in [2.45, 2.75) is 25.2 Å². The molecular weight excluding hydrogens is 578 g/mol. The van der Waals surface area contributed by atoms with Gasteiger partial charge in [0.05, 0.1) is 0 Å². The molecule has 0 spiro atoms. The number of fused-ring (bicyclic) bond motifs is 6. The summed E-state index contributed by atoms with van der Waals surface area (Å²) in [6.07, 6.45) is 8.07. The predicted molar refractivity (Wildman–Crippen MR) is 187 cm³/mol. The monoisotopic (exact) mass is 609 g/mol. The van der Waals surface area contributed by atoms with E-state index in [0.717, 1.165) is 90.8 Å². The summed E-state index contributed by atoms with van der Waals surface area (Å²) in [6.45, 7) is 0. The Balaban J connectivity index is 0.987. The fourth-order valence-electron chi connectivity index (χ4n) is 9.65. The number of rotatable bonds is 5. The van der Waals surface area contributed by atoms with Crippen molar-refractivity contribution in [1.29, 1.82) is 0 Å². The van der Waals surface area contributed by atoms with E-state index in [2.05, 4.69) is 99.8 Å². The van der Waals surface area contributed by atoms with Gasteiger partial charge in [-0.15, -0.1) is 0 Å². The van der Waals surface area contributed by atoms with E-state index in [-0.39, 0.29) is 0 Å². The van der Waals surface area contributed by atoms with Crippen LogP contribution in [0.2, 0.25) is 0 Å². The Kier molecular flexibility index (Phi) is 5.23. The van der Waals surface area contributed by atoms with E-state index in [1.807, 2.05) is 36.7 Å². The Bertz CT molecular complexity index is 2360. The normalized spacial score (nSPS) is 22.9. The third-order valence-corrected chi connectivity index (χ3v) is 11.6. The first-order chi connectivity index (χ1) is 23.2. The maximum Gasteiger partial charge on any atom is 0.153 e. The lowest BCUT2D eigenvalue weighted by Crippen LogP contribution is -2.11. The van der Waals surface area contributed by atoms with Crippen LogP contribution in [0.3, 0.4) is 0 Å². The molecule has 12 rings (SSSR count). The summed E-state index contributed by atoms with van der Waals surface area (Å²) < 4.78 is 12.5. The summed E-state index contributed by atoms with van der Waals surface area (Å²) in [5.74, 6) is 4.66.